The maximum Gasteiger partial charge on any atom is 0.207 e. The first-order valence-electron chi connectivity index (χ1n) is 8.99. The second-order valence-electron chi connectivity index (χ2n) is 7.17. The van der Waals surface area contributed by atoms with E-state index in [0.29, 0.717) is 11.5 Å². The lowest BCUT2D eigenvalue weighted by atomic mass is 9.95. The van der Waals surface area contributed by atoms with Crippen LogP contribution in [0.3, 0.4) is 0 Å². The number of sulfone groups is 1. The van der Waals surface area contributed by atoms with Crippen molar-refractivity contribution in [3.8, 4) is 11.5 Å². The molecule has 1 saturated carbocycles. The second kappa shape index (κ2) is 6.78. The number of hydrogen-bond acceptors (Lipinski definition) is 4. The number of halogens is 1. The van der Waals surface area contributed by atoms with Crippen molar-refractivity contribution < 1.29 is 22.3 Å². The van der Waals surface area contributed by atoms with Gasteiger partial charge < -0.3 is 9.47 Å². The summed E-state index contributed by atoms with van der Waals surface area (Å²) in [6.07, 6.45) is 6.72. The van der Waals surface area contributed by atoms with Crippen molar-refractivity contribution in [3.05, 3.63) is 65.7 Å². The van der Waals surface area contributed by atoms with Crippen molar-refractivity contribution in [2.45, 2.75) is 17.7 Å². The van der Waals surface area contributed by atoms with Gasteiger partial charge in [-0.3, -0.25) is 0 Å². The van der Waals surface area contributed by atoms with Crippen molar-refractivity contribution in [1.29, 1.82) is 0 Å². The third-order valence-corrected chi connectivity index (χ3v) is 6.62. The number of allylic oxidation sites excluding steroid dienone is 4. The predicted octanol–water partition coefficient (Wildman–Crippen LogP) is 4.67. The Bertz CT molecular complexity index is 1080. The van der Waals surface area contributed by atoms with E-state index < -0.39 is 15.8 Å². The van der Waals surface area contributed by atoms with Crippen molar-refractivity contribution in [3.63, 3.8) is 0 Å². The van der Waals surface area contributed by atoms with Crippen LogP contribution in [0.2, 0.25) is 0 Å². The Morgan fingerprint density at radius 3 is 2.00 bits per heavy atom. The first-order chi connectivity index (χ1) is 13.4. The summed E-state index contributed by atoms with van der Waals surface area (Å²) in [5, 5.41) is 0. The quantitative estimate of drug-likeness (QED) is 0.707. The molecule has 1 spiro atoms. The smallest absolute Gasteiger partial charge is 0.207 e. The molecule has 4 rings (SSSR count). The van der Waals surface area contributed by atoms with E-state index in [1.807, 2.05) is 18.2 Å². The van der Waals surface area contributed by atoms with Crippen molar-refractivity contribution >= 4 is 21.0 Å². The zero-order valence-corrected chi connectivity index (χ0v) is 16.6. The van der Waals surface area contributed by atoms with E-state index in [0.717, 1.165) is 35.1 Å². The molecule has 4 nitrogen and oxygen atoms in total. The van der Waals surface area contributed by atoms with E-state index in [-0.39, 0.29) is 10.3 Å². The van der Waals surface area contributed by atoms with Gasteiger partial charge in [-0.25, -0.2) is 12.8 Å². The number of benzene rings is 2. The molecule has 146 valence electrons. The molecule has 0 bridgehead atoms. The molecule has 2 aromatic carbocycles. The second-order valence-corrected chi connectivity index (χ2v) is 9.09. The van der Waals surface area contributed by atoms with Crippen LogP contribution in [0.1, 0.15) is 24.0 Å². The molecule has 6 heteroatoms. The number of hydrogen-bond donors (Lipinski definition) is 0. The molecule has 1 fully saturated rings. The standard InChI is InChI=1S/C22H21FO4S/c1-26-20-8-5-16(11-21(20)27-2)19-13-22(9-10-22)12-18(19)15-3-6-17(7-4-15)28(24,25)14-23/h3-8,11-13H,9-10,14H2,1-2H3. The van der Waals surface area contributed by atoms with Gasteiger partial charge in [0.05, 0.1) is 19.1 Å². The Hall–Kier alpha value is -2.60. The van der Waals surface area contributed by atoms with E-state index in [2.05, 4.69) is 12.2 Å². The maximum atomic E-state index is 12.8. The SMILES string of the molecule is COc1ccc(C2=CC3(C=C2c2ccc(S(=O)(=O)CF)cc2)CC3)cc1OC. The zero-order valence-electron chi connectivity index (χ0n) is 15.7. The highest BCUT2D eigenvalue weighted by atomic mass is 32.2. The number of rotatable bonds is 6. The van der Waals surface area contributed by atoms with Gasteiger partial charge in [0.1, 0.15) is 0 Å². The molecule has 0 aromatic heterocycles. The zero-order chi connectivity index (χ0) is 19.9. The Balaban J connectivity index is 1.74. The molecule has 0 heterocycles. The molecule has 0 aliphatic heterocycles. The highest BCUT2D eigenvalue weighted by Gasteiger charge is 2.43. The van der Waals surface area contributed by atoms with Gasteiger partial charge in [-0.2, -0.15) is 0 Å². The van der Waals surface area contributed by atoms with E-state index >= 15 is 0 Å². The number of alkyl halides is 1. The molecule has 0 saturated heterocycles. The molecule has 0 amide bonds. The average molecular weight is 400 g/mol. The van der Waals surface area contributed by atoms with Gasteiger partial charge in [-0.15, -0.1) is 0 Å². The summed E-state index contributed by atoms with van der Waals surface area (Å²) in [5.74, 6) is 1.32. The lowest BCUT2D eigenvalue weighted by molar-refractivity contribution is 0.355. The lowest BCUT2D eigenvalue weighted by Crippen LogP contribution is -2.02. The van der Waals surface area contributed by atoms with Crippen LogP contribution in [0.25, 0.3) is 11.1 Å². The summed E-state index contributed by atoms with van der Waals surface area (Å²) in [6.45, 7) is 0. The maximum absolute atomic E-state index is 12.8. The third-order valence-electron chi connectivity index (χ3n) is 5.34. The molecular formula is C22H21FO4S. The fraction of sp³-hybridized carbons (Fsp3) is 0.273. The van der Waals surface area contributed by atoms with Gasteiger partial charge in [-0.05, 0) is 59.4 Å². The van der Waals surface area contributed by atoms with Gasteiger partial charge in [-0.1, -0.05) is 30.4 Å². The van der Waals surface area contributed by atoms with Crippen LogP contribution in [0.5, 0.6) is 11.5 Å². The molecule has 0 atom stereocenters. The Labute approximate surface area is 164 Å². The summed E-state index contributed by atoms with van der Waals surface area (Å²) in [4.78, 5) is -0.00451. The average Bonchev–Trinajstić information content (AvgIpc) is 3.37. The largest absolute Gasteiger partial charge is 0.493 e. The number of methoxy groups -OCH3 is 2. The van der Waals surface area contributed by atoms with Crippen LogP contribution in [0.15, 0.2) is 59.5 Å². The predicted molar refractivity (Wildman–Crippen MR) is 107 cm³/mol. The topological polar surface area (TPSA) is 52.6 Å². The van der Waals surface area contributed by atoms with Crippen LogP contribution in [-0.2, 0) is 9.84 Å². The van der Waals surface area contributed by atoms with Gasteiger partial charge >= 0.3 is 0 Å². The minimum absolute atomic E-state index is 0.00451. The third kappa shape index (κ3) is 3.22. The van der Waals surface area contributed by atoms with Gasteiger partial charge in [0.2, 0.25) is 9.84 Å². The monoisotopic (exact) mass is 400 g/mol. The van der Waals surface area contributed by atoms with Crippen LogP contribution in [0.4, 0.5) is 4.39 Å². The van der Waals surface area contributed by atoms with Crippen molar-refractivity contribution in [2.24, 2.45) is 5.41 Å². The van der Waals surface area contributed by atoms with E-state index in [4.69, 9.17) is 9.47 Å². The van der Waals surface area contributed by atoms with Crippen LogP contribution >= 0.6 is 0 Å². The normalized spacial score (nSPS) is 17.2. The Morgan fingerprint density at radius 1 is 0.893 bits per heavy atom. The lowest BCUT2D eigenvalue weighted by Gasteiger charge is -2.13. The van der Waals surface area contributed by atoms with Crippen LogP contribution < -0.4 is 9.47 Å². The summed E-state index contributed by atoms with van der Waals surface area (Å²) in [6, 6.07) is 10.8. The minimum atomic E-state index is -3.86. The van der Waals surface area contributed by atoms with Gasteiger partial charge in [0.15, 0.2) is 17.5 Å². The Kier molecular flexibility index (Phi) is 4.54. The molecule has 0 N–H and O–H groups in total. The van der Waals surface area contributed by atoms with Gasteiger partial charge in [0, 0.05) is 5.41 Å². The van der Waals surface area contributed by atoms with Crippen LogP contribution in [-0.4, -0.2) is 28.6 Å². The van der Waals surface area contributed by atoms with Crippen molar-refractivity contribution in [2.75, 3.05) is 20.2 Å². The van der Waals surface area contributed by atoms with E-state index in [1.54, 1.807) is 26.4 Å². The summed E-state index contributed by atoms with van der Waals surface area (Å²) >= 11 is 0. The minimum Gasteiger partial charge on any atom is -0.493 e. The fourth-order valence-electron chi connectivity index (χ4n) is 3.59. The highest BCUT2D eigenvalue weighted by molar-refractivity contribution is 7.91. The molecule has 2 aliphatic rings. The molecular weight excluding hydrogens is 379 g/mol. The summed E-state index contributed by atoms with van der Waals surface area (Å²) in [7, 11) is -0.656. The fourth-order valence-corrected chi connectivity index (χ4v) is 4.27. The molecule has 28 heavy (non-hydrogen) atoms. The Morgan fingerprint density at radius 2 is 1.46 bits per heavy atom. The van der Waals surface area contributed by atoms with E-state index in [1.165, 1.54) is 12.1 Å². The molecule has 0 unspecified atom stereocenters. The highest BCUT2D eigenvalue weighted by Crippen LogP contribution is 2.58. The molecule has 2 aliphatic carbocycles. The molecule has 2 aromatic rings. The summed E-state index contributed by atoms with van der Waals surface area (Å²) in [5.41, 5.74) is 4.13. The first kappa shape index (κ1) is 18.7. The number of ether oxygens (including phenoxy) is 2. The summed E-state index contributed by atoms with van der Waals surface area (Å²) < 4.78 is 47.0. The van der Waals surface area contributed by atoms with E-state index in [9.17, 15) is 12.8 Å². The first-order valence-corrected chi connectivity index (χ1v) is 10.6. The van der Waals surface area contributed by atoms with Gasteiger partial charge in [0.25, 0.3) is 0 Å². The van der Waals surface area contributed by atoms with Crippen LogP contribution in [0, 0.1) is 5.41 Å². The van der Waals surface area contributed by atoms with Crippen molar-refractivity contribution in [1.82, 2.24) is 0 Å². The molecule has 0 radical (unpaired) electrons.